The first-order chi connectivity index (χ1) is 11.9. The Bertz CT molecular complexity index is 617. The van der Waals surface area contributed by atoms with Crippen molar-refractivity contribution in [3.05, 3.63) is 29.8 Å². The van der Waals surface area contributed by atoms with Gasteiger partial charge in [-0.1, -0.05) is 12.1 Å². The van der Waals surface area contributed by atoms with Gasteiger partial charge in [-0.15, -0.1) is 0 Å². The minimum atomic E-state index is -0.432. The lowest BCUT2D eigenvalue weighted by Gasteiger charge is -2.38. The summed E-state index contributed by atoms with van der Waals surface area (Å²) in [5.41, 5.74) is 1.44. The Morgan fingerprint density at radius 2 is 1.72 bits per heavy atom. The average Bonchev–Trinajstić information content (AvgIpc) is 2.54. The van der Waals surface area contributed by atoms with Gasteiger partial charge in [0.15, 0.2) is 6.61 Å². The molecular weight excluding hydrogens is 320 g/mol. The fourth-order valence-corrected chi connectivity index (χ4v) is 3.26. The summed E-state index contributed by atoms with van der Waals surface area (Å²) in [6.07, 6.45) is 3.20. The Morgan fingerprint density at radius 1 is 1.12 bits per heavy atom. The lowest BCUT2D eigenvalue weighted by molar-refractivity contribution is -0.154. The molecule has 0 aromatic heterocycles. The van der Waals surface area contributed by atoms with E-state index in [1.165, 1.54) is 6.92 Å². The molecular formula is C19H26N2O4. The molecule has 0 aliphatic carbocycles. The zero-order valence-corrected chi connectivity index (χ0v) is 15.1. The van der Waals surface area contributed by atoms with Gasteiger partial charge in [0.1, 0.15) is 0 Å². The van der Waals surface area contributed by atoms with Crippen molar-refractivity contribution in [2.45, 2.75) is 58.5 Å². The maximum Gasteiger partial charge on any atom is 0.310 e. The van der Waals surface area contributed by atoms with Crippen LogP contribution in [0, 0.1) is 0 Å². The number of rotatable bonds is 5. The molecule has 1 fully saturated rings. The number of hydrogen-bond donors (Lipinski definition) is 1. The normalized spacial score (nSPS) is 20.0. The van der Waals surface area contributed by atoms with Gasteiger partial charge in [-0.25, -0.2) is 0 Å². The lowest BCUT2D eigenvalue weighted by atomic mass is 9.97. The number of esters is 1. The van der Waals surface area contributed by atoms with E-state index in [2.05, 4.69) is 5.32 Å². The number of benzene rings is 1. The molecule has 25 heavy (non-hydrogen) atoms. The van der Waals surface area contributed by atoms with E-state index < -0.39 is 5.97 Å². The van der Waals surface area contributed by atoms with Gasteiger partial charge in [-0.3, -0.25) is 14.4 Å². The summed E-state index contributed by atoms with van der Waals surface area (Å²) in [4.78, 5) is 37.1. The molecule has 0 spiro atoms. The predicted octanol–water partition coefficient (Wildman–Crippen LogP) is 2.52. The van der Waals surface area contributed by atoms with Crippen LogP contribution in [0.5, 0.6) is 0 Å². The number of anilines is 1. The van der Waals surface area contributed by atoms with E-state index >= 15 is 0 Å². The number of carbonyl (C=O) groups is 3. The van der Waals surface area contributed by atoms with Crippen molar-refractivity contribution in [2.24, 2.45) is 0 Å². The summed E-state index contributed by atoms with van der Waals surface area (Å²) in [6, 6.07) is 7.35. The van der Waals surface area contributed by atoms with Gasteiger partial charge in [-0.05, 0) is 50.8 Å². The third kappa shape index (κ3) is 5.59. The van der Waals surface area contributed by atoms with Crippen molar-refractivity contribution >= 4 is 23.5 Å². The number of nitrogens with one attached hydrogen (secondary N) is 1. The molecule has 136 valence electrons. The van der Waals surface area contributed by atoms with E-state index in [1.807, 2.05) is 18.7 Å². The van der Waals surface area contributed by atoms with Crippen LogP contribution in [-0.2, 0) is 25.5 Å². The quantitative estimate of drug-likeness (QED) is 0.831. The number of piperidine rings is 1. The second-order valence-corrected chi connectivity index (χ2v) is 6.65. The van der Waals surface area contributed by atoms with E-state index in [-0.39, 0.29) is 36.9 Å². The third-order valence-electron chi connectivity index (χ3n) is 4.46. The number of likely N-dealkylation sites (tertiary alicyclic amines) is 1. The van der Waals surface area contributed by atoms with Crippen LogP contribution < -0.4 is 5.32 Å². The highest BCUT2D eigenvalue weighted by Crippen LogP contribution is 2.22. The van der Waals surface area contributed by atoms with Crippen LogP contribution in [0.15, 0.2) is 24.3 Å². The molecule has 0 bridgehead atoms. The van der Waals surface area contributed by atoms with Gasteiger partial charge in [-0.2, -0.15) is 0 Å². The maximum atomic E-state index is 12.3. The molecule has 0 radical (unpaired) electrons. The van der Waals surface area contributed by atoms with Crippen LogP contribution in [0.2, 0.25) is 0 Å². The molecule has 6 heteroatoms. The second kappa shape index (κ2) is 8.65. The van der Waals surface area contributed by atoms with Crippen LogP contribution in [-0.4, -0.2) is 41.4 Å². The highest BCUT2D eigenvalue weighted by Gasteiger charge is 2.29. The molecule has 1 aromatic carbocycles. The Kier molecular flexibility index (Phi) is 6.56. The fraction of sp³-hybridized carbons (Fsp3) is 0.526. The Morgan fingerprint density at radius 3 is 2.28 bits per heavy atom. The lowest BCUT2D eigenvalue weighted by Crippen LogP contribution is -2.49. The predicted molar refractivity (Wildman–Crippen MR) is 95.0 cm³/mol. The summed E-state index contributed by atoms with van der Waals surface area (Å²) >= 11 is 0. The first-order valence-electron chi connectivity index (χ1n) is 8.70. The maximum absolute atomic E-state index is 12.3. The molecule has 1 aliphatic rings. The summed E-state index contributed by atoms with van der Waals surface area (Å²) < 4.78 is 5.15. The smallest absolute Gasteiger partial charge is 0.310 e. The van der Waals surface area contributed by atoms with Gasteiger partial charge in [0.25, 0.3) is 5.91 Å². The van der Waals surface area contributed by atoms with E-state index in [4.69, 9.17) is 4.74 Å². The van der Waals surface area contributed by atoms with Gasteiger partial charge in [0, 0.05) is 24.7 Å². The molecule has 2 atom stereocenters. The largest absolute Gasteiger partial charge is 0.455 e. The molecule has 0 saturated carbocycles. The van der Waals surface area contributed by atoms with Crippen molar-refractivity contribution in [3.63, 3.8) is 0 Å². The Hall–Kier alpha value is -2.37. The number of hydrogen-bond acceptors (Lipinski definition) is 4. The molecule has 1 aliphatic heterocycles. The van der Waals surface area contributed by atoms with Crippen LogP contribution >= 0.6 is 0 Å². The van der Waals surface area contributed by atoms with Crippen molar-refractivity contribution in [3.8, 4) is 0 Å². The van der Waals surface area contributed by atoms with E-state index in [9.17, 15) is 14.4 Å². The van der Waals surface area contributed by atoms with Crippen LogP contribution in [0.3, 0.4) is 0 Å². The monoisotopic (exact) mass is 346 g/mol. The minimum Gasteiger partial charge on any atom is -0.455 e. The molecule has 6 nitrogen and oxygen atoms in total. The zero-order valence-electron chi connectivity index (χ0n) is 15.1. The molecule has 2 amide bonds. The molecule has 1 aromatic rings. The number of nitrogens with zero attached hydrogens (tertiary/aromatic N) is 1. The topological polar surface area (TPSA) is 75.7 Å². The van der Waals surface area contributed by atoms with Crippen molar-refractivity contribution in [2.75, 3.05) is 11.9 Å². The first-order valence-corrected chi connectivity index (χ1v) is 8.70. The highest BCUT2D eigenvalue weighted by molar-refractivity contribution is 5.88. The first kappa shape index (κ1) is 19.0. The molecule has 1 heterocycles. The van der Waals surface area contributed by atoms with Crippen molar-refractivity contribution in [1.82, 2.24) is 4.90 Å². The third-order valence-corrected chi connectivity index (χ3v) is 4.46. The van der Waals surface area contributed by atoms with Crippen molar-refractivity contribution in [1.29, 1.82) is 0 Å². The Labute approximate surface area is 148 Å². The number of ether oxygens (including phenoxy) is 1. The van der Waals surface area contributed by atoms with Crippen LogP contribution in [0.25, 0.3) is 0 Å². The van der Waals surface area contributed by atoms with Gasteiger partial charge < -0.3 is 15.0 Å². The zero-order chi connectivity index (χ0) is 18.4. The Balaban J connectivity index is 1.82. The van der Waals surface area contributed by atoms with Crippen LogP contribution in [0.1, 0.15) is 45.6 Å². The summed E-state index contributed by atoms with van der Waals surface area (Å²) in [6.45, 7) is 5.29. The number of amides is 2. The standard InChI is InChI=1S/C19H26N2O4/c1-13-5-4-6-14(2)21(13)18(23)12-25-19(24)11-16-7-9-17(10-8-16)20-15(3)22/h7-10,13-14H,4-6,11-12H2,1-3H3,(H,20,22)/t13-,14-/m1/s1. The molecule has 0 unspecified atom stereocenters. The van der Waals surface area contributed by atoms with E-state index in [0.717, 1.165) is 24.8 Å². The summed E-state index contributed by atoms with van der Waals surface area (Å²) in [5.74, 6) is -0.709. The highest BCUT2D eigenvalue weighted by atomic mass is 16.5. The minimum absolute atomic E-state index is 0.0960. The SMILES string of the molecule is CC(=O)Nc1ccc(CC(=O)OCC(=O)N2[C@H](C)CCC[C@H]2C)cc1. The van der Waals surface area contributed by atoms with Crippen LogP contribution in [0.4, 0.5) is 5.69 Å². The second-order valence-electron chi connectivity index (χ2n) is 6.65. The fourth-order valence-electron chi connectivity index (χ4n) is 3.26. The molecule has 1 saturated heterocycles. The van der Waals surface area contributed by atoms with Gasteiger partial charge in [0.05, 0.1) is 6.42 Å². The number of carbonyl (C=O) groups excluding carboxylic acids is 3. The van der Waals surface area contributed by atoms with Crippen molar-refractivity contribution < 1.29 is 19.1 Å². The summed E-state index contributed by atoms with van der Waals surface area (Å²) in [5, 5.41) is 2.66. The van der Waals surface area contributed by atoms with E-state index in [0.29, 0.717) is 5.69 Å². The average molecular weight is 346 g/mol. The van der Waals surface area contributed by atoms with Gasteiger partial charge >= 0.3 is 5.97 Å². The molecule has 1 N–H and O–H groups in total. The summed E-state index contributed by atoms with van der Waals surface area (Å²) in [7, 11) is 0. The molecule has 2 rings (SSSR count). The van der Waals surface area contributed by atoms with Gasteiger partial charge in [0.2, 0.25) is 5.91 Å². The van der Waals surface area contributed by atoms with E-state index in [1.54, 1.807) is 24.3 Å².